The first-order chi connectivity index (χ1) is 16.1. The number of methoxy groups -OCH3 is 1. The van der Waals surface area contributed by atoms with Crippen LogP contribution < -0.4 is 14.2 Å². The number of pyridine rings is 1. The first-order valence-corrected chi connectivity index (χ1v) is 10.9. The average molecular weight is 512 g/mol. The molecule has 3 aromatic carbocycles. The molecule has 0 radical (unpaired) electrons. The molecule has 0 fully saturated rings. The summed E-state index contributed by atoms with van der Waals surface area (Å²) in [7, 11) is 1.32. The first-order valence-electron chi connectivity index (χ1n) is 10.1. The second kappa shape index (κ2) is 10.4. The van der Waals surface area contributed by atoms with Crippen LogP contribution in [0.4, 0.5) is 8.78 Å². The maximum Gasteiger partial charge on any atom is 0.225 e. The third kappa shape index (κ3) is 5.31. The normalized spacial score (nSPS) is 10.7. The molecule has 1 aromatic heterocycles. The molecule has 0 saturated carbocycles. The maximum atomic E-state index is 15.2. The largest absolute Gasteiger partial charge is 0.492 e. The van der Waals surface area contributed by atoms with Gasteiger partial charge < -0.3 is 14.2 Å². The molecule has 4 rings (SSSR count). The molecule has 168 valence electrons. The van der Waals surface area contributed by atoms with E-state index in [1.54, 1.807) is 6.07 Å². The lowest BCUT2D eigenvalue weighted by molar-refractivity contribution is 0.268. The highest BCUT2D eigenvalue weighted by Gasteiger charge is 2.23. The first kappa shape index (κ1) is 22.7. The van der Waals surface area contributed by atoms with E-state index >= 15 is 4.39 Å². The Morgan fingerprint density at radius 2 is 1.42 bits per heavy atom. The second-order valence-electron chi connectivity index (χ2n) is 7.11. The van der Waals surface area contributed by atoms with Gasteiger partial charge in [0.05, 0.1) is 22.7 Å². The number of nitrogens with zero attached hydrogens (tertiary/aromatic N) is 1. The van der Waals surface area contributed by atoms with Crippen LogP contribution in [0.2, 0.25) is 0 Å². The summed E-state index contributed by atoms with van der Waals surface area (Å²) in [6.45, 7) is 0.458. The number of aromatic nitrogens is 1. The van der Waals surface area contributed by atoms with Crippen molar-refractivity contribution in [1.29, 1.82) is 0 Å². The molecule has 0 atom stereocenters. The van der Waals surface area contributed by atoms with Crippen molar-refractivity contribution in [1.82, 2.24) is 4.98 Å². The van der Waals surface area contributed by atoms with Gasteiger partial charge in [-0.15, -0.1) is 0 Å². The fourth-order valence-electron chi connectivity index (χ4n) is 3.27. The SMILES string of the molecule is COc1c(Br)cc(F)c(-c2ccc(OCc3ccccc3)nc2OCc2ccccc2)c1F. The summed E-state index contributed by atoms with van der Waals surface area (Å²) in [5, 5.41) is 0. The zero-order valence-corrected chi connectivity index (χ0v) is 19.3. The van der Waals surface area contributed by atoms with Crippen LogP contribution in [0.5, 0.6) is 17.5 Å². The number of rotatable bonds is 8. The number of hydrogen-bond acceptors (Lipinski definition) is 4. The maximum absolute atomic E-state index is 15.2. The summed E-state index contributed by atoms with van der Waals surface area (Å²) in [6.07, 6.45) is 0. The van der Waals surface area contributed by atoms with Gasteiger partial charge in [-0.1, -0.05) is 60.7 Å². The lowest BCUT2D eigenvalue weighted by Gasteiger charge is -2.16. The fourth-order valence-corrected chi connectivity index (χ4v) is 3.80. The predicted molar refractivity (Wildman–Crippen MR) is 125 cm³/mol. The summed E-state index contributed by atoms with van der Waals surface area (Å²) in [4.78, 5) is 4.41. The Hall–Kier alpha value is -3.45. The number of benzene rings is 3. The van der Waals surface area contributed by atoms with Crippen LogP contribution >= 0.6 is 15.9 Å². The molecule has 7 heteroatoms. The fraction of sp³-hybridized carbons (Fsp3) is 0.115. The number of ether oxygens (including phenoxy) is 3. The van der Waals surface area contributed by atoms with Crippen LogP contribution in [-0.4, -0.2) is 12.1 Å². The van der Waals surface area contributed by atoms with Crippen LogP contribution in [0.25, 0.3) is 11.1 Å². The number of hydrogen-bond donors (Lipinski definition) is 0. The molecular formula is C26H20BrF2NO3. The van der Waals surface area contributed by atoms with Crippen molar-refractivity contribution in [3.63, 3.8) is 0 Å². The van der Waals surface area contributed by atoms with E-state index in [1.807, 2.05) is 60.7 Å². The van der Waals surface area contributed by atoms with Gasteiger partial charge in [0.25, 0.3) is 0 Å². The van der Waals surface area contributed by atoms with Crippen LogP contribution in [0.3, 0.4) is 0 Å². The summed E-state index contributed by atoms with van der Waals surface area (Å²) in [6, 6.07) is 23.3. The zero-order valence-electron chi connectivity index (χ0n) is 17.7. The van der Waals surface area contributed by atoms with E-state index in [0.29, 0.717) is 6.61 Å². The molecule has 0 N–H and O–H groups in total. The van der Waals surface area contributed by atoms with E-state index in [0.717, 1.165) is 17.2 Å². The zero-order chi connectivity index (χ0) is 23.2. The van der Waals surface area contributed by atoms with E-state index < -0.39 is 11.6 Å². The van der Waals surface area contributed by atoms with E-state index in [2.05, 4.69) is 20.9 Å². The predicted octanol–water partition coefficient (Wildman–Crippen LogP) is 6.96. The van der Waals surface area contributed by atoms with Gasteiger partial charge in [0.1, 0.15) is 19.0 Å². The van der Waals surface area contributed by atoms with Gasteiger partial charge in [-0.05, 0) is 39.2 Å². The van der Waals surface area contributed by atoms with Crippen LogP contribution in [0.1, 0.15) is 11.1 Å². The van der Waals surface area contributed by atoms with Gasteiger partial charge >= 0.3 is 0 Å². The molecule has 4 aromatic rings. The van der Waals surface area contributed by atoms with Crippen molar-refractivity contribution in [3.8, 4) is 28.6 Å². The smallest absolute Gasteiger partial charge is 0.225 e. The van der Waals surface area contributed by atoms with Gasteiger partial charge in [-0.2, -0.15) is 4.98 Å². The average Bonchev–Trinajstić information content (AvgIpc) is 2.83. The lowest BCUT2D eigenvalue weighted by Crippen LogP contribution is -2.04. The van der Waals surface area contributed by atoms with Gasteiger partial charge in [0.2, 0.25) is 11.8 Å². The Balaban J connectivity index is 1.71. The van der Waals surface area contributed by atoms with E-state index in [4.69, 9.17) is 14.2 Å². The van der Waals surface area contributed by atoms with Gasteiger partial charge in [-0.25, -0.2) is 8.78 Å². The van der Waals surface area contributed by atoms with Crippen LogP contribution in [0.15, 0.2) is 83.3 Å². The van der Waals surface area contributed by atoms with Crippen molar-refractivity contribution in [2.45, 2.75) is 13.2 Å². The standard InChI is InChI=1S/C26H20BrF2NO3/c1-31-25-20(27)14-21(28)23(24(25)29)19-12-13-22(32-15-17-8-4-2-5-9-17)30-26(19)33-16-18-10-6-3-7-11-18/h2-14H,15-16H2,1H3. The van der Waals surface area contributed by atoms with E-state index in [9.17, 15) is 4.39 Å². The molecule has 33 heavy (non-hydrogen) atoms. The third-order valence-electron chi connectivity index (χ3n) is 4.88. The van der Waals surface area contributed by atoms with E-state index in [1.165, 1.54) is 13.2 Å². The van der Waals surface area contributed by atoms with Gasteiger partial charge in [0.15, 0.2) is 11.6 Å². The Kier molecular flexibility index (Phi) is 7.19. The molecule has 0 amide bonds. The summed E-state index contributed by atoms with van der Waals surface area (Å²) in [5.41, 5.74) is 1.71. The molecule has 0 aliphatic carbocycles. The lowest BCUT2D eigenvalue weighted by atomic mass is 10.0. The molecule has 0 aliphatic rings. The van der Waals surface area contributed by atoms with Crippen molar-refractivity contribution < 1.29 is 23.0 Å². The van der Waals surface area contributed by atoms with Crippen molar-refractivity contribution >= 4 is 15.9 Å². The molecule has 0 unspecified atom stereocenters. The van der Waals surface area contributed by atoms with Crippen molar-refractivity contribution in [2.75, 3.05) is 7.11 Å². The Morgan fingerprint density at radius 3 is 2.03 bits per heavy atom. The summed E-state index contributed by atoms with van der Waals surface area (Å²) >= 11 is 3.13. The molecule has 1 heterocycles. The van der Waals surface area contributed by atoms with Crippen LogP contribution in [-0.2, 0) is 13.2 Å². The molecule has 4 nitrogen and oxygen atoms in total. The Labute approximate surface area is 198 Å². The molecule has 0 bridgehead atoms. The molecule has 0 spiro atoms. The topological polar surface area (TPSA) is 40.6 Å². The van der Waals surface area contributed by atoms with Crippen LogP contribution in [0, 0.1) is 11.6 Å². The quantitative estimate of drug-likeness (QED) is 0.256. The third-order valence-corrected chi connectivity index (χ3v) is 5.47. The van der Waals surface area contributed by atoms with Gasteiger partial charge in [-0.3, -0.25) is 0 Å². The highest BCUT2D eigenvalue weighted by atomic mass is 79.9. The molecule has 0 saturated heterocycles. The number of halogens is 3. The highest BCUT2D eigenvalue weighted by Crippen LogP contribution is 2.41. The summed E-state index contributed by atoms with van der Waals surface area (Å²) in [5.74, 6) is -1.41. The minimum Gasteiger partial charge on any atom is -0.492 e. The van der Waals surface area contributed by atoms with Gasteiger partial charge in [0, 0.05) is 6.07 Å². The van der Waals surface area contributed by atoms with Crippen molar-refractivity contribution in [3.05, 3.63) is 106 Å². The molecular weight excluding hydrogens is 492 g/mol. The Morgan fingerprint density at radius 1 is 0.818 bits per heavy atom. The minimum absolute atomic E-state index is 0.0478. The molecule has 0 aliphatic heterocycles. The Bertz CT molecular complexity index is 1240. The minimum atomic E-state index is -0.853. The monoisotopic (exact) mass is 511 g/mol. The van der Waals surface area contributed by atoms with Crippen molar-refractivity contribution in [2.24, 2.45) is 0 Å². The van der Waals surface area contributed by atoms with E-state index in [-0.39, 0.29) is 39.7 Å². The highest BCUT2D eigenvalue weighted by molar-refractivity contribution is 9.10. The second-order valence-corrected chi connectivity index (χ2v) is 7.97. The summed E-state index contributed by atoms with van der Waals surface area (Å²) < 4.78 is 47.0.